The van der Waals surface area contributed by atoms with Gasteiger partial charge in [0.2, 0.25) is 11.8 Å². The van der Waals surface area contributed by atoms with Crippen LogP contribution in [0.3, 0.4) is 0 Å². The number of hydrogen-bond acceptors (Lipinski definition) is 3. The van der Waals surface area contributed by atoms with E-state index in [4.69, 9.17) is 5.73 Å². The Morgan fingerprint density at radius 2 is 2.05 bits per heavy atom. The molecule has 122 valence electrons. The van der Waals surface area contributed by atoms with E-state index in [1.807, 2.05) is 9.80 Å². The lowest BCUT2D eigenvalue weighted by Crippen LogP contribution is -2.44. The molecule has 2 unspecified atom stereocenters. The third-order valence-electron chi connectivity index (χ3n) is 4.82. The molecule has 2 aliphatic rings. The van der Waals surface area contributed by atoms with Crippen molar-refractivity contribution in [1.29, 1.82) is 0 Å². The summed E-state index contributed by atoms with van der Waals surface area (Å²) in [6.45, 7) is 6.12. The van der Waals surface area contributed by atoms with E-state index in [9.17, 15) is 9.59 Å². The molecule has 2 saturated heterocycles. The largest absolute Gasteiger partial charge is 0.339 e. The van der Waals surface area contributed by atoms with Crippen LogP contribution in [0, 0.1) is 5.92 Å². The van der Waals surface area contributed by atoms with Gasteiger partial charge in [0.1, 0.15) is 0 Å². The molecule has 21 heavy (non-hydrogen) atoms. The Hall–Kier alpha value is -0.810. The van der Waals surface area contributed by atoms with Gasteiger partial charge >= 0.3 is 0 Å². The standard InChI is InChI=1S/C15H27N3O2.ClH/c1-3-12(4-2)18-10-11(8-14(18)19)15(20)17-7-5-6-13(17)9-16;/h11-13H,3-10,16H2,1-2H3;1H. The molecule has 0 aromatic carbocycles. The highest BCUT2D eigenvalue weighted by Gasteiger charge is 2.40. The molecule has 2 aliphatic heterocycles. The van der Waals surface area contributed by atoms with Crippen molar-refractivity contribution >= 4 is 24.2 Å². The molecule has 0 bridgehead atoms. The van der Waals surface area contributed by atoms with E-state index in [0.717, 1.165) is 32.2 Å². The first-order valence-corrected chi connectivity index (χ1v) is 7.92. The molecule has 2 rings (SSSR count). The zero-order valence-corrected chi connectivity index (χ0v) is 13.9. The van der Waals surface area contributed by atoms with Crippen molar-refractivity contribution in [2.24, 2.45) is 11.7 Å². The van der Waals surface area contributed by atoms with Crippen molar-refractivity contribution in [3.05, 3.63) is 0 Å². The van der Waals surface area contributed by atoms with Gasteiger partial charge in [0.05, 0.1) is 5.92 Å². The highest BCUT2D eigenvalue weighted by atomic mass is 35.5. The van der Waals surface area contributed by atoms with E-state index in [-0.39, 0.29) is 42.2 Å². The van der Waals surface area contributed by atoms with E-state index < -0.39 is 0 Å². The number of carbonyl (C=O) groups is 2. The van der Waals surface area contributed by atoms with E-state index in [1.54, 1.807) is 0 Å². The molecule has 0 radical (unpaired) electrons. The number of amides is 2. The molecule has 0 aliphatic carbocycles. The first-order valence-electron chi connectivity index (χ1n) is 7.92. The van der Waals surface area contributed by atoms with Crippen LogP contribution in [0.2, 0.25) is 0 Å². The normalized spacial score (nSPS) is 25.6. The summed E-state index contributed by atoms with van der Waals surface area (Å²) in [7, 11) is 0. The molecule has 0 aromatic heterocycles. The van der Waals surface area contributed by atoms with Crippen molar-refractivity contribution in [2.45, 2.75) is 58.0 Å². The van der Waals surface area contributed by atoms with Crippen LogP contribution in [0.15, 0.2) is 0 Å². The zero-order chi connectivity index (χ0) is 14.7. The highest BCUT2D eigenvalue weighted by Crippen LogP contribution is 2.27. The van der Waals surface area contributed by atoms with Crippen LogP contribution >= 0.6 is 12.4 Å². The fourth-order valence-corrected chi connectivity index (χ4v) is 3.58. The van der Waals surface area contributed by atoms with Gasteiger partial charge in [-0.3, -0.25) is 9.59 Å². The van der Waals surface area contributed by atoms with Crippen LogP contribution in [-0.4, -0.2) is 53.3 Å². The van der Waals surface area contributed by atoms with E-state index in [1.165, 1.54) is 0 Å². The Balaban J connectivity index is 0.00000220. The average molecular weight is 318 g/mol. The van der Waals surface area contributed by atoms with Crippen LogP contribution in [0.25, 0.3) is 0 Å². The van der Waals surface area contributed by atoms with Gasteiger partial charge in [-0.1, -0.05) is 13.8 Å². The second-order valence-corrected chi connectivity index (χ2v) is 5.98. The smallest absolute Gasteiger partial charge is 0.228 e. The lowest BCUT2D eigenvalue weighted by Gasteiger charge is -2.28. The Morgan fingerprint density at radius 1 is 1.38 bits per heavy atom. The summed E-state index contributed by atoms with van der Waals surface area (Å²) in [5.74, 6) is 0.121. The van der Waals surface area contributed by atoms with Gasteiger partial charge in [0.25, 0.3) is 0 Å². The molecular weight excluding hydrogens is 290 g/mol. The number of rotatable bonds is 5. The lowest BCUT2D eigenvalue weighted by molar-refractivity contribution is -0.136. The third kappa shape index (κ3) is 3.69. The van der Waals surface area contributed by atoms with Crippen molar-refractivity contribution in [3.8, 4) is 0 Å². The molecule has 2 atom stereocenters. The number of carbonyl (C=O) groups excluding carboxylic acids is 2. The number of hydrogen-bond donors (Lipinski definition) is 1. The summed E-state index contributed by atoms with van der Waals surface area (Å²) in [6.07, 6.45) is 4.32. The zero-order valence-electron chi connectivity index (χ0n) is 13.1. The fourth-order valence-electron chi connectivity index (χ4n) is 3.58. The van der Waals surface area contributed by atoms with Gasteiger partial charge in [-0.25, -0.2) is 0 Å². The maximum atomic E-state index is 12.6. The average Bonchev–Trinajstić information content (AvgIpc) is 3.06. The summed E-state index contributed by atoms with van der Waals surface area (Å²) >= 11 is 0. The van der Waals surface area contributed by atoms with E-state index in [0.29, 0.717) is 19.5 Å². The minimum atomic E-state index is -0.157. The van der Waals surface area contributed by atoms with E-state index in [2.05, 4.69) is 13.8 Å². The van der Waals surface area contributed by atoms with Gasteiger partial charge < -0.3 is 15.5 Å². The van der Waals surface area contributed by atoms with Crippen LogP contribution < -0.4 is 5.73 Å². The number of halogens is 1. The summed E-state index contributed by atoms with van der Waals surface area (Å²) in [6, 6.07) is 0.462. The van der Waals surface area contributed by atoms with E-state index >= 15 is 0 Å². The summed E-state index contributed by atoms with van der Waals surface area (Å²) < 4.78 is 0. The maximum absolute atomic E-state index is 12.6. The Bertz CT molecular complexity index is 374. The van der Waals surface area contributed by atoms with Crippen molar-refractivity contribution in [1.82, 2.24) is 9.80 Å². The van der Waals surface area contributed by atoms with Gasteiger partial charge in [-0.05, 0) is 25.7 Å². The predicted octanol–water partition coefficient (Wildman–Crippen LogP) is 1.39. The molecular formula is C15H28ClN3O2. The molecule has 2 N–H and O–H groups in total. The summed E-state index contributed by atoms with van der Waals surface area (Å²) in [4.78, 5) is 28.6. The number of nitrogens with two attached hydrogens (primary N) is 1. The first-order chi connectivity index (χ1) is 9.62. The lowest BCUT2D eigenvalue weighted by atomic mass is 10.1. The molecule has 2 amide bonds. The molecule has 0 saturated carbocycles. The Kier molecular flexibility index (Phi) is 6.94. The highest BCUT2D eigenvalue weighted by molar-refractivity contribution is 5.89. The van der Waals surface area contributed by atoms with Crippen molar-refractivity contribution in [2.75, 3.05) is 19.6 Å². The Labute approximate surface area is 133 Å². The number of nitrogens with zero attached hydrogens (tertiary/aromatic N) is 2. The van der Waals surface area contributed by atoms with Crippen LogP contribution in [-0.2, 0) is 9.59 Å². The van der Waals surface area contributed by atoms with Crippen molar-refractivity contribution in [3.63, 3.8) is 0 Å². The first kappa shape index (κ1) is 18.2. The molecule has 0 spiro atoms. The van der Waals surface area contributed by atoms with Gasteiger partial charge in [0, 0.05) is 38.1 Å². The monoisotopic (exact) mass is 317 g/mol. The predicted molar refractivity (Wildman–Crippen MR) is 85.2 cm³/mol. The third-order valence-corrected chi connectivity index (χ3v) is 4.82. The van der Waals surface area contributed by atoms with Crippen LogP contribution in [0.5, 0.6) is 0 Å². The second-order valence-electron chi connectivity index (χ2n) is 5.98. The topological polar surface area (TPSA) is 66.6 Å². The van der Waals surface area contributed by atoms with Gasteiger partial charge in [0.15, 0.2) is 0 Å². The SMILES string of the molecule is CCC(CC)N1CC(C(=O)N2CCCC2CN)CC1=O.Cl. The summed E-state index contributed by atoms with van der Waals surface area (Å²) in [5.41, 5.74) is 5.74. The fraction of sp³-hybridized carbons (Fsp3) is 0.867. The maximum Gasteiger partial charge on any atom is 0.228 e. The van der Waals surface area contributed by atoms with Crippen molar-refractivity contribution < 1.29 is 9.59 Å². The Morgan fingerprint density at radius 3 is 2.62 bits per heavy atom. The quantitative estimate of drug-likeness (QED) is 0.833. The molecule has 6 heteroatoms. The molecule has 0 aromatic rings. The van der Waals surface area contributed by atoms with Crippen LogP contribution in [0.4, 0.5) is 0 Å². The molecule has 5 nitrogen and oxygen atoms in total. The number of likely N-dealkylation sites (tertiary alicyclic amines) is 2. The van der Waals surface area contributed by atoms with Gasteiger partial charge in [-0.15, -0.1) is 12.4 Å². The summed E-state index contributed by atoms with van der Waals surface area (Å²) in [5, 5.41) is 0. The second kappa shape index (κ2) is 7.99. The van der Waals surface area contributed by atoms with Gasteiger partial charge in [-0.2, -0.15) is 0 Å². The minimum Gasteiger partial charge on any atom is -0.339 e. The van der Waals surface area contributed by atoms with Crippen LogP contribution in [0.1, 0.15) is 46.0 Å². The minimum absolute atomic E-state index is 0. The molecule has 2 heterocycles. The molecule has 2 fully saturated rings.